The lowest BCUT2D eigenvalue weighted by molar-refractivity contribution is 0.0938. The number of rotatable bonds is 5. The van der Waals surface area contributed by atoms with E-state index in [1.165, 1.54) is 0 Å². The highest BCUT2D eigenvalue weighted by molar-refractivity contribution is 5.92. The van der Waals surface area contributed by atoms with Crippen LogP contribution in [0.15, 0.2) is 66.9 Å². The molecule has 2 aromatic carbocycles. The van der Waals surface area contributed by atoms with Crippen molar-refractivity contribution in [3.05, 3.63) is 83.7 Å². The molecule has 0 spiro atoms. The van der Waals surface area contributed by atoms with E-state index in [4.69, 9.17) is 0 Å². The minimum atomic E-state index is -0.232. The molecule has 3 aromatic rings. The lowest BCUT2D eigenvalue weighted by atomic mass is 9.98. The van der Waals surface area contributed by atoms with Crippen LogP contribution in [0.2, 0.25) is 0 Å². The molecular weight excluding hydrogens is 374 g/mol. The molecule has 2 N–H and O–H groups in total. The summed E-state index contributed by atoms with van der Waals surface area (Å²) in [6.07, 6.45) is 3.76. The zero-order chi connectivity index (χ0) is 18.5. The van der Waals surface area contributed by atoms with Crippen molar-refractivity contribution >= 4 is 18.3 Å². The highest BCUT2D eigenvalue weighted by Crippen LogP contribution is 2.22. The third-order valence-corrected chi connectivity index (χ3v) is 4.97. The van der Waals surface area contributed by atoms with Gasteiger partial charge in [-0.15, -0.1) is 17.5 Å². The van der Waals surface area contributed by atoms with Crippen LogP contribution in [-0.4, -0.2) is 34.0 Å². The standard InChI is InChI=1S/C21H23N5O.ClH/c27-21(19-15-26(25-24-19)18-11-13-22-14-12-18)23-20(16-7-3-1-4-8-16)17-9-5-2-6-10-17;/h1-10,15,18,20,22H,11-14H2,(H,23,27);1H. The van der Waals surface area contributed by atoms with E-state index in [-0.39, 0.29) is 24.4 Å². The van der Waals surface area contributed by atoms with Crippen LogP contribution in [0.3, 0.4) is 0 Å². The Hall–Kier alpha value is -2.70. The number of carbonyl (C=O) groups is 1. The lowest BCUT2D eigenvalue weighted by Crippen LogP contribution is -2.30. The summed E-state index contributed by atoms with van der Waals surface area (Å²) in [5.41, 5.74) is 2.41. The van der Waals surface area contributed by atoms with E-state index in [1.807, 2.05) is 65.3 Å². The van der Waals surface area contributed by atoms with Crippen LogP contribution >= 0.6 is 12.4 Å². The zero-order valence-electron chi connectivity index (χ0n) is 15.5. The molecule has 0 atom stereocenters. The first-order chi connectivity index (χ1) is 13.3. The van der Waals surface area contributed by atoms with Gasteiger partial charge in [-0.1, -0.05) is 65.9 Å². The molecule has 1 aromatic heterocycles. The van der Waals surface area contributed by atoms with Crippen LogP contribution in [0.25, 0.3) is 0 Å². The zero-order valence-corrected chi connectivity index (χ0v) is 16.3. The summed E-state index contributed by atoms with van der Waals surface area (Å²) < 4.78 is 1.83. The van der Waals surface area contributed by atoms with Crippen LogP contribution in [0, 0.1) is 0 Å². The Bertz CT molecular complexity index is 839. The summed E-state index contributed by atoms with van der Waals surface area (Å²) in [4.78, 5) is 12.9. The van der Waals surface area contributed by atoms with E-state index in [9.17, 15) is 4.79 Å². The number of aromatic nitrogens is 3. The minimum absolute atomic E-state index is 0. The van der Waals surface area contributed by atoms with Crippen LogP contribution in [-0.2, 0) is 0 Å². The summed E-state index contributed by atoms with van der Waals surface area (Å²) in [5.74, 6) is -0.215. The molecule has 0 aliphatic carbocycles. The first-order valence-corrected chi connectivity index (χ1v) is 9.34. The van der Waals surface area contributed by atoms with Gasteiger partial charge in [0.2, 0.25) is 0 Å². The average Bonchev–Trinajstić information content (AvgIpc) is 3.24. The minimum Gasteiger partial charge on any atom is -0.340 e. The molecule has 6 nitrogen and oxygen atoms in total. The highest BCUT2D eigenvalue weighted by Gasteiger charge is 2.22. The van der Waals surface area contributed by atoms with Crippen molar-refractivity contribution < 1.29 is 4.79 Å². The summed E-state index contributed by atoms with van der Waals surface area (Å²) in [6.45, 7) is 1.94. The molecule has 2 heterocycles. The van der Waals surface area contributed by atoms with Crippen LogP contribution in [0.5, 0.6) is 0 Å². The molecule has 1 aliphatic rings. The maximum atomic E-state index is 12.9. The van der Waals surface area contributed by atoms with E-state index in [0.29, 0.717) is 11.7 Å². The second-order valence-corrected chi connectivity index (χ2v) is 6.79. The van der Waals surface area contributed by atoms with Crippen molar-refractivity contribution in [3.8, 4) is 0 Å². The van der Waals surface area contributed by atoms with E-state index < -0.39 is 0 Å². The van der Waals surface area contributed by atoms with E-state index in [0.717, 1.165) is 37.1 Å². The second kappa shape index (κ2) is 9.48. The molecule has 0 saturated carbocycles. The first-order valence-electron chi connectivity index (χ1n) is 9.34. The van der Waals surface area contributed by atoms with E-state index >= 15 is 0 Å². The largest absolute Gasteiger partial charge is 0.340 e. The average molecular weight is 398 g/mol. The molecule has 1 saturated heterocycles. The number of amides is 1. The lowest BCUT2D eigenvalue weighted by Gasteiger charge is -2.22. The number of nitrogens with zero attached hydrogens (tertiary/aromatic N) is 3. The highest BCUT2D eigenvalue weighted by atomic mass is 35.5. The SMILES string of the molecule is Cl.O=C(NC(c1ccccc1)c1ccccc1)c1cn(C2CCNCC2)nn1. The van der Waals surface area contributed by atoms with Crippen molar-refractivity contribution in [3.63, 3.8) is 0 Å². The number of carbonyl (C=O) groups excluding carboxylic acids is 1. The smallest absolute Gasteiger partial charge is 0.274 e. The van der Waals surface area contributed by atoms with Gasteiger partial charge in [-0.25, -0.2) is 4.68 Å². The van der Waals surface area contributed by atoms with Gasteiger partial charge in [0.25, 0.3) is 5.91 Å². The van der Waals surface area contributed by atoms with Crippen LogP contribution in [0.1, 0.15) is 46.5 Å². The molecule has 1 fully saturated rings. The fourth-order valence-corrected chi connectivity index (χ4v) is 3.49. The van der Waals surface area contributed by atoms with Gasteiger partial charge in [0, 0.05) is 0 Å². The number of hydrogen-bond acceptors (Lipinski definition) is 4. The third kappa shape index (κ3) is 4.58. The maximum absolute atomic E-state index is 12.9. The van der Waals surface area contributed by atoms with Crippen molar-refractivity contribution in [2.24, 2.45) is 0 Å². The number of nitrogens with one attached hydrogen (secondary N) is 2. The topological polar surface area (TPSA) is 71.8 Å². The van der Waals surface area contributed by atoms with Gasteiger partial charge in [-0.3, -0.25) is 4.79 Å². The van der Waals surface area contributed by atoms with Gasteiger partial charge < -0.3 is 10.6 Å². The quantitative estimate of drug-likeness (QED) is 0.693. The Labute approximate surface area is 170 Å². The van der Waals surface area contributed by atoms with Crippen molar-refractivity contribution in [1.82, 2.24) is 25.6 Å². The summed E-state index contributed by atoms with van der Waals surface area (Å²) in [7, 11) is 0. The Balaban J connectivity index is 0.00000225. The normalized spacial score (nSPS) is 14.5. The monoisotopic (exact) mass is 397 g/mol. The molecule has 146 valence electrons. The third-order valence-electron chi connectivity index (χ3n) is 4.97. The molecule has 28 heavy (non-hydrogen) atoms. The molecule has 0 unspecified atom stereocenters. The number of halogens is 1. The maximum Gasteiger partial charge on any atom is 0.274 e. The second-order valence-electron chi connectivity index (χ2n) is 6.79. The number of hydrogen-bond donors (Lipinski definition) is 2. The summed E-state index contributed by atoms with van der Waals surface area (Å²) in [6, 6.07) is 20.0. The number of benzene rings is 2. The summed E-state index contributed by atoms with van der Waals surface area (Å²) in [5, 5.41) is 14.8. The van der Waals surface area contributed by atoms with Gasteiger partial charge in [0.1, 0.15) is 0 Å². The van der Waals surface area contributed by atoms with Crippen molar-refractivity contribution in [2.45, 2.75) is 24.9 Å². The van der Waals surface area contributed by atoms with E-state index in [2.05, 4.69) is 20.9 Å². The predicted octanol–water partition coefficient (Wildman–Crippen LogP) is 3.14. The molecule has 0 bridgehead atoms. The Kier molecular flexibility index (Phi) is 6.79. The van der Waals surface area contributed by atoms with Gasteiger partial charge >= 0.3 is 0 Å². The molecule has 1 amide bonds. The van der Waals surface area contributed by atoms with Crippen LogP contribution < -0.4 is 10.6 Å². The van der Waals surface area contributed by atoms with Gasteiger partial charge in [-0.2, -0.15) is 0 Å². The fraction of sp³-hybridized carbons (Fsp3) is 0.286. The fourth-order valence-electron chi connectivity index (χ4n) is 3.49. The van der Waals surface area contributed by atoms with Gasteiger partial charge in [0.05, 0.1) is 18.3 Å². The van der Waals surface area contributed by atoms with Crippen molar-refractivity contribution in [1.29, 1.82) is 0 Å². The summed E-state index contributed by atoms with van der Waals surface area (Å²) >= 11 is 0. The van der Waals surface area contributed by atoms with Gasteiger partial charge in [0.15, 0.2) is 5.69 Å². The Morgan fingerprint density at radius 2 is 1.57 bits per heavy atom. The predicted molar refractivity (Wildman–Crippen MR) is 111 cm³/mol. The Morgan fingerprint density at radius 3 is 2.14 bits per heavy atom. The molecule has 4 rings (SSSR count). The van der Waals surface area contributed by atoms with Crippen LogP contribution in [0.4, 0.5) is 0 Å². The number of piperidine rings is 1. The molecular formula is C21H24ClN5O. The first kappa shape index (κ1) is 20.0. The molecule has 0 radical (unpaired) electrons. The Morgan fingerprint density at radius 1 is 1.00 bits per heavy atom. The van der Waals surface area contributed by atoms with E-state index in [1.54, 1.807) is 6.20 Å². The van der Waals surface area contributed by atoms with Crippen molar-refractivity contribution in [2.75, 3.05) is 13.1 Å². The molecule has 7 heteroatoms. The van der Waals surface area contributed by atoms with Gasteiger partial charge in [-0.05, 0) is 37.1 Å². The molecule has 1 aliphatic heterocycles.